The lowest BCUT2D eigenvalue weighted by molar-refractivity contribution is 1.52. The second-order valence-electron chi connectivity index (χ2n) is 5.62. The van der Waals surface area contributed by atoms with Crippen LogP contribution >= 0.6 is 23.2 Å². The molecule has 0 bridgehead atoms. The van der Waals surface area contributed by atoms with Crippen molar-refractivity contribution in [3.63, 3.8) is 0 Å². The minimum atomic E-state index is 0.694. The molecule has 0 saturated carbocycles. The van der Waals surface area contributed by atoms with E-state index < -0.39 is 0 Å². The Morgan fingerprint density at radius 1 is 0.731 bits per heavy atom. The van der Waals surface area contributed by atoms with Gasteiger partial charge in [-0.3, -0.25) is 0 Å². The molecule has 0 nitrogen and oxygen atoms in total. The Morgan fingerprint density at radius 3 is 1.69 bits per heavy atom. The van der Waals surface area contributed by atoms with E-state index in [1.165, 1.54) is 0 Å². The highest BCUT2D eigenvalue weighted by atomic mass is 35.5. The Hall–Kier alpha value is -2.72. The predicted molar refractivity (Wildman–Crippen MR) is 112 cm³/mol. The van der Waals surface area contributed by atoms with Gasteiger partial charge in [-0.25, -0.2) is 0 Å². The van der Waals surface area contributed by atoms with E-state index in [9.17, 15) is 0 Å². The predicted octanol–water partition coefficient (Wildman–Crippen LogP) is 7.03. The maximum absolute atomic E-state index is 6.06. The molecule has 0 fully saturated rings. The average molecular weight is 375 g/mol. The normalized spacial score (nSPS) is 9.77. The van der Waals surface area contributed by atoms with Crippen LogP contribution in [0.2, 0.25) is 10.0 Å². The van der Waals surface area contributed by atoms with E-state index in [-0.39, 0.29) is 0 Å². The molecule has 0 aliphatic rings. The molecule has 3 aromatic carbocycles. The molecule has 2 heteroatoms. The van der Waals surface area contributed by atoms with Crippen molar-refractivity contribution < 1.29 is 0 Å². The highest BCUT2D eigenvalue weighted by molar-refractivity contribution is 6.31. The summed E-state index contributed by atoms with van der Waals surface area (Å²) in [6, 6.07) is 25.3. The zero-order valence-electron chi connectivity index (χ0n) is 14.0. The summed E-state index contributed by atoms with van der Waals surface area (Å²) in [5.41, 5.74) is 4.84. The molecule has 0 amide bonds. The van der Waals surface area contributed by atoms with Crippen LogP contribution in [0.3, 0.4) is 0 Å². The first-order valence-corrected chi connectivity index (χ1v) is 8.88. The molecule has 3 rings (SSSR count). The third-order valence-corrected chi connectivity index (χ3v) is 4.36. The molecule has 0 saturated heterocycles. The number of halogens is 2. The van der Waals surface area contributed by atoms with Gasteiger partial charge < -0.3 is 0 Å². The molecule has 0 aliphatic heterocycles. The van der Waals surface area contributed by atoms with Crippen molar-refractivity contribution in [3.8, 4) is 11.8 Å². The minimum absolute atomic E-state index is 0.694. The van der Waals surface area contributed by atoms with E-state index in [2.05, 4.69) is 18.4 Å². The van der Waals surface area contributed by atoms with Crippen molar-refractivity contribution >= 4 is 28.8 Å². The standard InChI is InChI=1S/C24H16Cl2/c1-2-19(9-8-18-6-4-3-5-7-18)24(20-10-14-22(25)15-11-20)21-12-16-23(26)17-13-21/h2-7,10-17H,1H2. The molecular formula is C24H16Cl2. The molecule has 0 atom stereocenters. The van der Waals surface area contributed by atoms with Gasteiger partial charge in [0.2, 0.25) is 0 Å². The van der Waals surface area contributed by atoms with Gasteiger partial charge in [0.15, 0.2) is 0 Å². The van der Waals surface area contributed by atoms with Gasteiger partial charge in [0, 0.05) is 26.8 Å². The smallest absolute Gasteiger partial charge is 0.0406 e. The lowest BCUT2D eigenvalue weighted by atomic mass is 9.93. The third-order valence-electron chi connectivity index (χ3n) is 3.85. The van der Waals surface area contributed by atoms with Crippen molar-refractivity contribution in [3.05, 3.63) is 124 Å². The van der Waals surface area contributed by atoms with Crippen molar-refractivity contribution in [1.82, 2.24) is 0 Å². The summed E-state index contributed by atoms with van der Waals surface area (Å²) >= 11 is 12.1. The fraction of sp³-hybridized carbons (Fsp3) is 0. The lowest BCUT2D eigenvalue weighted by Crippen LogP contribution is -1.92. The second kappa shape index (κ2) is 8.59. The summed E-state index contributed by atoms with van der Waals surface area (Å²) in [6.45, 7) is 3.97. The second-order valence-corrected chi connectivity index (χ2v) is 6.50. The third kappa shape index (κ3) is 4.46. The molecular weight excluding hydrogens is 359 g/mol. The van der Waals surface area contributed by atoms with Gasteiger partial charge in [-0.05, 0) is 47.5 Å². The molecule has 0 radical (unpaired) electrons. The Bertz CT molecular complexity index is 937. The summed E-state index contributed by atoms with van der Waals surface area (Å²) in [5.74, 6) is 6.46. The van der Waals surface area contributed by atoms with E-state index in [1.54, 1.807) is 6.08 Å². The molecule has 126 valence electrons. The number of hydrogen-bond acceptors (Lipinski definition) is 0. The number of hydrogen-bond donors (Lipinski definition) is 0. The van der Waals surface area contributed by atoms with Crippen molar-refractivity contribution in [2.24, 2.45) is 0 Å². The molecule has 0 aliphatic carbocycles. The van der Waals surface area contributed by atoms with E-state index in [1.807, 2.05) is 78.9 Å². The zero-order valence-corrected chi connectivity index (χ0v) is 15.6. The number of benzene rings is 3. The van der Waals surface area contributed by atoms with Crippen LogP contribution in [0, 0.1) is 11.8 Å². The highest BCUT2D eigenvalue weighted by Crippen LogP contribution is 2.29. The monoisotopic (exact) mass is 374 g/mol. The zero-order chi connectivity index (χ0) is 18.4. The number of rotatable bonds is 3. The van der Waals surface area contributed by atoms with Crippen LogP contribution in [0.15, 0.2) is 97.1 Å². The molecule has 0 unspecified atom stereocenters. The van der Waals surface area contributed by atoms with Gasteiger partial charge >= 0.3 is 0 Å². The van der Waals surface area contributed by atoms with Crippen LogP contribution in [0.4, 0.5) is 0 Å². The van der Waals surface area contributed by atoms with Crippen molar-refractivity contribution in [2.45, 2.75) is 0 Å². The average Bonchev–Trinajstić information content (AvgIpc) is 2.68. The Balaban J connectivity index is 2.18. The van der Waals surface area contributed by atoms with Crippen molar-refractivity contribution in [2.75, 3.05) is 0 Å². The Labute approximate surface area is 164 Å². The maximum atomic E-state index is 6.06. The Morgan fingerprint density at radius 2 is 1.23 bits per heavy atom. The number of allylic oxidation sites excluding steroid dienone is 2. The SMILES string of the molecule is C=CC(C#Cc1ccccc1)=C(c1ccc(Cl)cc1)c1ccc(Cl)cc1. The summed E-state index contributed by atoms with van der Waals surface area (Å²) in [7, 11) is 0. The van der Waals surface area contributed by atoms with Crippen LogP contribution in [-0.4, -0.2) is 0 Å². The van der Waals surface area contributed by atoms with Gasteiger partial charge in [0.05, 0.1) is 0 Å². The largest absolute Gasteiger partial charge is 0.0978 e. The van der Waals surface area contributed by atoms with Crippen molar-refractivity contribution in [1.29, 1.82) is 0 Å². The summed E-state index contributed by atoms with van der Waals surface area (Å²) < 4.78 is 0. The molecule has 0 N–H and O–H groups in total. The maximum Gasteiger partial charge on any atom is 0.0406 e. The molecule has 0 aromatic heterocycles. The van der Waals surface area contributed by atoms with Gasteiger partial charge in [0.25, 0.3) is 0 Å². The van der Waals surface area contributed by atoms with Gasteiger partial charge in [-0.2, -0.15) is 0 Å². The van der Waals surface area contributed by atoms with Crippen LogP contribution in [0.25, 0.3) is 5.57 Å². The van der Waals surface area contributed by atoms with Gasteiger partial charge in [-0.1, -0.05) is 90.2 Å². The van der Waals surface area contributed by atoms with Gasteiger partial charge in [-0.15, -0.1) is 0 Å². The van der Waals surface area contributed by atoms with E-state index in [0.717, 1.165) is 27.8 Å². The fourth-order valence-corrected chi connectivity index (χ4v) is 2.84. The van der Waals surface area contributed by atoms with E-state index >= 15 is 0 Å². The first-order valence-electron chi connectivity index (χ1n) is 8.13. The van der Waals surface area contributed by atoms with Gasteiger partial charge in [0.1, 0.15) is 0 Å². The van der Waals surface area contributed by atoms with Crippen LogP contribution < -0.4 is 0 Å². The van der Waals surface area contributed by atoms with E-state index in [0.29, 0.717) is 10.0 Å². The van der Waals surface area contributed by atoms with Crippen LogP contribution in [0.5, 0.6) is 0 Å². The molecule has 3 aromatic rings. The lowest BCUT2D eigenvalue weighted by Gasteiger charge is -2.11. The first-order chi connectivity index (χ1) is 12.7. The summed E-state index contributed by atoms with van der Waals surface area (Å²) in [5, 5.41) is 1.39. The quantitative estimate of drug-likeness (QED) is 0.340. The highest BCUT2D eigenvalue weighted by Gasteiger charge is 2.09. The minimum Gasteiger partial charge on any atom is -0.0978 e. The van der Waals surface area contributed by atoms with Crippen LogP contribution in [-0.2, 0) is 0 Å². The Kier molecular flexibility index (Phi) is 5.97. The molecule has 0 spiro atoms. The van der Waals surface area contributed by atoms with E-state index in [4.69, 9.17) is 23.2 Å². The van der Waals surface area contributed by atoms with Crippen LogP contribution in [0.1, 0.15) is 16.7 Å². The first kappa shape index (κ1) is 18.1. The molecule has 0 heterocycles. The fourth-order valence-electron chi connectivity index (χ4n) is 2.59. The molecule has 26 heavy (non-hydrogen) atoms. The summed E-state index contributed by atoms with van der Waals surface area (Å²) in [4.78, 5) is 0. The summed E-state index contributed by atoms with van der Waals surface area (Å²) in [6.07, 6.45) is 1.79. The topological polar surface area (TPSA) is 0 Å².